The van der Waals surface area contributed by atoms with E-state index in [0.29, 0.717) is 11.7 Å². The minimum atomic E-state index is -0.0526. The third kappa shape index (κ3) is 2.34. The number of carbonyl (C=O) groups is 1. The van der Waals surface area contributed by atoms with Crippen LogP contribution in [0.5, 0.6) is 0 Å². The van der Waals surface area contributed by atoms with E-state index in [1.165, 1.54) is 5.56 Å². The predicted molar refractivity (Wildman–Crippen MR) is 77.1 cm³/mol. The first-order chi connectivity index (χ1) is 9.27. The van der Waals surface area contributed by atoms with Gasteiger partial charge >= 0.3 is 0 Å². The molecule has 1 aliphatic heterocycles. The molecule has 3 unspecified atom stereocenters. The van der Waals surface area contributed by atoms with Gasteiger partial charge in [-0.2, -0.15) is 0 Å². The Morgan fingerprint density at radius 2 is 2.16 bits per heavy atom. The van der Waals surface area contributed by atoms with E-state index in [0.717, 1.165) is 38.8 Å². The number of benzene rings is 1. The molecule has 1 N–H and O–H groups in total. The molecule has 0 aromatic heterocycles. The minimum Gasteiger partial charge on any atom is -0.316 e. The second-order valence-electron chi connectivity index (χ2n) is 6.18. The largest absolute Gasteiger partial charge is 0.316 e. The fourth-order valence-electron chi connectivity index (χ4n) is 3.72. The molecule has 1 aliphatic carbocycles. The SMILES string of the molecule is CCCC1(C(=O)C2CC2c2ccccc2)CCNC1. The van der Waals surface area contributed by atoms with Gasteiger partial charge in [-0.05, 0) is 37.3 Å². The zero-order valence-electron chi connectivity index (χ0n) is 11.7. The molecule has 1 saturated carbocycles. The van der Waals surface area contributed by atoms with E-state index in [4.69, 9.17) is 0 Å². The van der Waals surface area contributed by atoms with Crippen molar-refractivity contribution < 1.29 is 4.79 Å². The number of nitrogens with one attached hydrogen (secondary N) is 1. The molecule has 3 rings (SSSR count). The summed E-state index contributed by atoms with van der Waals surface area (Å²) in [4.78, 5) is 12.9. The van der Waals surface area contributed by atoms with Crippen molar-refractivity contribution in [1.82, 2.24) is 5.32 Å². The van der Waals surface area contributed by atoms with Crippen LogP contribution in [-0.4, -0.2) is 18.9 Å². The van der Waals surface area contributed by atoms with E-state index in [1.54, 1.807) is 0 Å². The number of hydrogen-bond donors (Lipinski definition) is 1. The van der Waals surface area contributed by atoms with Crippen molar-refractivity contribution >= 4 is 5.78 Å². The Labute approximate surface area is 115 Å². The Kier molecular flexibility index (Phi) is 3.44. The van der Waals surface area contributed by atoms with E-state index in [2.05, 4.69) is 36.5 Å². The third-order valence-corrected chi connectivity index (χ3v) is 4.85. The van der Waals surface area contributed by atoms with Gasteiger partial charge in [0.15, 0.2) is 0 Å². The highest BCUT2D eigenvalue weighted by atomic mass is 16.1. The molecule has 1 aromatic rings. The highest BCUT2D eigenvalue weighted by Gasteiger charge is 2.52. The van der Waals surface area contributed by atoms with E-state index < -0.39 is 0 Å². The van der Waals surface area contributed by atoms with Crippen molar-refractivity contribution in [1.29, 1.82) is 0 Å². The van der Waals surface area contributed by atoms with E-state index >= 15 is 0 Å². The molecular weight excluding hydrogens is 234 g/mol. The Balaban J connectivity index is 1.72. The lowest BCUT2D eigenvalue weighted by atomic mass is 9.76. The molecule has 2 fully saturated rings. The quantitative estimate of drug-likeness (QED) is 0.878. The highest BCUT2D eigenvalue weighted by Crippen LogP contribution is 2.52. The molecule has 1 aromatic carbocycles. The van der Waals surface area contributed by atoms with Gasteiger partial charge in [0.25, 0.3) is 0 Å². The van der Waals surface area contributed by atoms with E-state index in [-0.39, 0.29) is 11.3 Å². The summed E-state index contributed by atoms with van der Waals surface area (Å²) in [6.07, 6.45) is 4.26. The lowest BCUT2D eigenvalue weighted by Crippen LogP contribution is -2.35. The molecular formula is C17H23NO. The summed E-state index contributed by atoms with van der Waals surface area (Å²) in [5, 5.41) is 3.40. The number of rotatable bonds is 5. The van der Waals surface area contributed by atoms with Gasteiger partial charge in [-0.25, -0.2) is 0 Å². The van der Waals surface area contributed by atoms with Gasteiger partial charge in [0.2, 0.25) is 0 Å². The summed E-state index contributed by atoms with van der Waals surface area (Å²) >= 11 is 0. The molecule has 0 bridgehead atoms. The number of hydrogen-bond acceptors (Lipinski definition) is 2. The monoisotopic (exact) mass is 257 g/mol. The molecule has 2 aliphatic rings. The zero-order valence-corrected chi connectivity index (χ0v) is 11.7. The molecule has 1 saturated heterocycles. The molecule has 19 heavy (non-hydrogen) atoms. The minimum absolute atomic E-state index is 0.0526. The van der Waals surface area contributed by atoms with Gasteiger partial charge in [0.1, 0.15) is 5.78 Å². The maximum atomic E-state index is 12.9. The van der Waals surface area contributed by atoms with Gasteiger partial charge in [-0.1, -0.05) is 43.7 Å². The van der Waals surface area contributed by atoms with Crippen molar-refractivity contribution in [3.05, 3.63) is 35.9 Å². The first kappa shape index (κ1) is 12.9. The molecule has 0 amide bonds. The van der Waals surface area contributed by atoms with Gasteiger partial charge in [0, 0.05) is 17.9 Å². The van der Waals surface area contributed by atoms with Crippen LogP contribution < -0.4 is 5.32 Å². The summed E-state index contributed by atoms with van der Waals surface area (Å²) in [5.41, 5.74) is 1.29. The average molecular weight is 257 g/mol. The first-order valence-corrected chi connectivity index (χ1v) is 7.57. The Morgan fingerprint density at radius 1 is 1.37 bits per heavy atom. The van der Waals surface area contributed by atoms with Crippen LogP contribution in [0.3, 0.4) is 0 Å². The summed E-state index contributed by atoms with van der Waals surface area (Å²) in [6.45, 7) is 4.10. The number of Topliss-reactive ketones (excluding diaryl/α,β-unsaturated/α-hetero) is 1. The van der Waals surface area contributed by atoms with Crippen LogP contribution in [-0.2, 0) is 4.79 Å². The van der Waals surface area contributed by atoms with Crippen molar-refractivity contribution in [2.45, 2.75) is 38.5 Å². The van der Waals surface area contributed by atoms with Crippen molar-refractivity contribution in [3.8, 4) is 0 Å². The predicted octanol–water partition coefficient (Wildman–Crippen LogP) is 3.14. The third-order valence-electron chi connectivity index (χ3n) is 4.85. The smallest absolute Gasteiger partial charge is 0.144 e. The number of carbonyl (C=O) groups excluding carboxylic acids is 1. The van der Waals surface area contributed by atoms with Gasteiger partial charge in [0.05, 0.1) is 0 Å². The fraction of sp³-hybridized carbons (Fsp3) is 0.588. The van der Waals surface area contributed by atoms with Crippen LogP contribution in [0, 0.1) is 11.3 Å². The Hall–Kier alpha value is -1.15. The molecule has 0 spiro atoms. The highest BCUT2D eigenvalue weighted by molar-refractivity contribution is 5.91. The van der Waals surface area contributed by atoms with Crippen molar-refractivity contribution in [2.24, 2.45) is 11.3 Å². The lowest BCUT2D eigenvalue weighted by Gasteiger charge is -2.26. The summed E-state index contributed by atoms with van der Waals surface area (Å²) in [6, 6.07) is 10.5. The molecule has 2 nitrogen and oxygen atoms in total. The normalized spacial score (nSPS) is 33.3. The molecule has 0 radical (unpaired) electrons. The lowest BCUT2D eigenvalue weighted by molar-refractivity contribution is -0.129. The first-order valence-electron chi connectivity index (χ1n) is 7.57. The zero-order chi connectivity index (χ0) is 13.3. The number of ketones is 1. The topological polar surface area (TPSA) is 29.1 Å². The van der Waals surface area contributed by atoms with Crippen molar-refractivity contribution in [2.75, 3.05) is 13.1 Å². The Morgan fingerprint density at radius 3 is 2.79 bits per heavy atom. The molecule has 2 heteroatoms. The standard InChI is InChI=1S/C17H23NO/c1-2-8-17(9-10-18-12-17)16(19)15-11-14(15)13-6-4-3-5-7-13/h3-7,14-15,18H,2,8-12H2,1H3. The van der Waals surface area contributed by atoms with Crippen LogP contribution in [0.2, 0.25) is 0 Å². The van der Waals surface area contributed by atoms with Crippen LogP contribution in [0.4, 0.5) is 0 Å². The summed E-state index contributed by atoms with van der Waals surface area (Å²) < 4.78 is 0. The van der Waals surface area contributed by atoms with Gasteiger partial charge in [-0.3, -0.25) is 4.79 Å². The Bertz CT molecular complexity index is 448. The van der Waals surface area contributed by atoms with E-state index in [1.807, 2.05) is 6.07 Å². The van der Waals surface area contributed by atoms with Crippen LogP contribution in [0.25, 0.3) is 0 Å². The summed E-state index contributed by atoms with van der Waals surface area (Å²) in [7, 11) is 0. The molecule has 102 valence electrons. The van der Waals surface area contributed by atoms with Crippen LogP contribution in [0.1, 0.15) is 44.1 Å². The fourth-order valence-corrected chi connectivity index (χ4v) is 3.72. The van der Waals surface area contributed by atoms with Gasteiger partial charge < -0.3 is 5.32 Å². The molecule has 1 heterocycles. The molecule has 3 atom stereocenters. The maximum Gasteiger partial charge on any atom is 0.144 e. The van der Waals surface area contributed by atoms with Crippen LogP contribution >= 0.6 is 0 Å². The second-order valence-corrected chi connectivity index (χ2v) is 6.18. The van der Waals surface area contributed by atoms with E-state index in [9.17, 15) is 4.79 Å². The summed E-state index contributed by atoms with van der Waals surface area (Å²) in [5.74, 6) is 1.31. The van der Waals surface area contributed by atoms with Crippen molar-refractivity contribution in [3.63, 3.8) is 0 Å². The van der Waals surface area contributed by atoms with Crippen LogP contribution in [0.15, 0.2) is 30.3 Å². The van der Waals surface area contributed by atoms with Gasteiger partial charge in [-0.15, -0.1) is 0 Å². The second kappa shape index (κ2) is 5.09. The maximum absolute atomic E-state index is 12.9. The average Bonchev–Trinajstić information content (AvgIpc) is 3.11.